The van der Waals surface area contributed by atoms with E-state index in [1.165, 1.54) is 6.07 Å². The average Bonchev–Trinajstić information content (AvgIpc) is 2.25. The SMILES string of the molecule is COC(=O)c1c(C(F)(F)F)ccc(F)c1C#N. The molecule has 1 aromatic carbocycles. The van der Waals surface area contributed by atoms with Gasteiger partial charge in [-0.25, -0.2) is 9.18 Å². The number of carbonyl (C=O) groups excluding carboxylic acids is 1. The number of halogens is 4. The Kier molecular flexibility index (Phi) is 3.36. The molecule has 0 radical (unpaired) electrons. The first-order valence-electron chi connectivity index (χ1n) is 4.21. The second-order valence-corrected chi connectivity index (χ2v) is 2.95. The van der Waals surface area contributed by atoms with Gasteiger partial charge in [-0.05, 0) is 12.1 Å². The van der Waals surface area contributed by atoms with E-state index < -0.39 is 34.7 Å². The molecule has 0 heterocycles. The summed E-state index contributed by atoms with van der Waals surface area (Å²) in [7, 11) is 0.842. The van der Waals surface area contributed by atoms with Crippen LogP contribution in [0.5, 0.6) is 0 Å². The highest BCUT2D eigenvalue weighted by Gasteiger charge is 2.38. The van der Waals surface area contributed by atoms with Gasteiger partial charge in [0.2, 0.25) is 0 Å². The van der Waals surface area contributed by atoms with Crippen molar-refractivity contribution in [1.29, 1.82) is 5.26 Å². The van der Waals surface area contributed by atoms with E-state index >= 15 is 0 Å². The van der Waals surface area contributed by atoms with Crippen LogP contribution in [0.2, 0.25) is 0 Å². The molecule has 0 amide bonds. The van der Waals surface area contributed by atoms with Crippen LogP contribution in [0.1, 0.15) is 21.5 Å². The Bertz CT molecular complexity index is 502. The zero-order chi connectivity index (χ0) is 13.2. The van der Waals surface area contributed by atoms with Gasteiger partial charge in [0.1, 0.15) is 17.4 Å². The third-order valence-electron chi connectivity index (χ3n) is 1.96. The van der Waals surface area contributed by atoms with Gasteiger partial charge in [0.25, 0.3) is 0 Å². The highest BCUT2D eigenvalue weighted by atomic mass is 19.4. The van der Waals surface area contributed by atoms with Crippen molar-refractivity contribution in [1.82, 2.24) is 0 Å². The summed E-state index contributed by atoms with van der Waals surface area (Å²) in [5.41, 5.74) is -3.49. The maximum atomic E-state index is 13.1. The first-order valence-corrected chi connectivity index (χ1v) is 4.21. The smallest absolute Gasteiger partial charge is 0.417 e. The van der Waals surface area contributed by atoms with Gasteiger partial charge in [0, 0.05) is 0 Å². The summed E-state index contributed by atoms with van der Waals surface area (Å²) in [6, 6.07) is 2.09. The number of benzene rings is 1. The summed E-state index contributed by atoms with van der Waals surface area (Å²) >= 11 is 0. The number of ether oxygens (including phenoxy) is 1. The second kappa shape index (κ2) is 4.41. The Morgan fingerprint density at radius 3 is 2.41 bits per heavy atom. The number of esters is 1. The number of nitrogens with zero attached hydrogens (tertiary/aromatic N) is 1. The van der Waals surface area contributed by atoms with Crippen molar-refractivity contribution in [2.75, 3.05) is 7.11 Å². The molecule has 0 aliphatic carbocycles. The third kappa shape index (κ3) is 2.36. The van der Waals surface area contributed by atoms with Crippen molar-refractivity contribution in [3.63, 3.8) is 0 Å². The number of hydrogen-bond acceptors (Lipinski definition) is 3. The molecule has 0 aliphatic rings. The molecule has 0 N–H and O–H groups in total. The number of nitriles is 1. The number of carbonyl (C=O) groups is 1. The summed E-state index contributed by atoms with van der Waals surface area (Å²) in [5, 5.41) is 8.57. The Morgan fingerprint density at radius 2 is 2.00 bits per heavy atom. The molecular weight excluding hydrogens is 242 g/mol. The zero-order valence-corrected chi connectivity index (χ0v) is 8.43. The Balaban J connectivity index is 3.65. The molecule has 1 aromatic rings. The number of hydrogen-bond donors (Lipinski definition) is 0. The van der Waals surface area contributed by atoms with E-state index in [-0.39, 0.29) is 0 Å². The van der Waals surface area contributed by atoms with Crippen LogP contribution in [0.25, 0.3) is 0 Å². The predicted octanol–water partition coefficient (Wildman–Crippen LogP) is 2.50. The van der Waals surface area contributed by atoms with E-state index in [4.69, 9.17) is 5.26 Å². The fourth-order valence-corrected chi connectivity index (χ4v) is 1.24. The highest BCUT2D eigenvalue weighted by Crippen LogP contribution is 2.34. The molecular formula is C10H5F4NO2. The molecule has 0 unspecified atom stereocenters. The molecule has 0 bridgehead atoms. The average molecular weight is 247 g/mol. The topological polar surface area (TPSA) is 50.1 Å². The lowest BCUT2D eigenvalue weighted by molar-refractivity contribution is -0.138. The molecule has 1 rings (SSSR count). The number of methoxy groups -OCH3 is 1. The van der Waals surface area contributed by atoms with Crippen molar-refractivity contribution in [2.24, 2.45) is 0 Å². The van der Waals surface area contributed by atoms with Gasteiger partial charge < -0.3 is 4.74 Å². The van der Waals surface area contributed by atoms with Crippen molar-refractivity contribution in [2.45, 2.75) is 6.18 Å². The van der Waals surface area contributed by atoms with Crippen molar-refractivity contribution >= 4 is 5.97 Å². The quantitative estimate of drug-likeness (QED) is 0.566. The monoisotopic (exact) mass is 247 g/mol. The lowest BCUT2D eigenvalue weighted by atomic mass is 10.0. The number of alkyl halides is 3. The highest BCUT2D eigenvalue weighted by molar-refractivity contribution is 5.94. The van der Waals surface area contributed by atoms with E-state index in [1.807, 2.05) is 0 Å². The van der Waals surface area contributed by atoms with Crippen LogP contribution in [0, 0.1) is 17.1 Å². The van der Waals surface area contributed by atoms with Crippen molar-refractivity contribution in [3.8, 4) is 6.07 Å². The van der Waals surface area contributed by atoms with Crippen LogP contribution in [0.15, 0.2) is 12.1 Å². The van der Waals surface area contributed by atoms with Crippen molar-refractivity contribution in [3.05, 3.63) is 34.6 Å². The first-order chi connectivity index (χ1) is 7.82. The minimum absolute atomic E-state index is 0.391. The van der Waals surface area contributed by atoms with E-state index in [2.05, 4.69) is 4.74 Å². The molecule has 0 saturated carbocycles. The van der Waals surface area contributed by atoms with Crippen LogP contribution in [-0.4, -0.2) is 13.1 Å². The van der Waals surface area contributed by atoms with Gasteiger partial charge in [0.05, 0.1) is 18.2 Å². The summed E-state index contributed by atoms with van der Waals surface area (Å²) in [5.74, 6) is -2.62. The van der Waals surface area contributed by atoms with Crippen LogP contribution >= 0.6 is 0 Å². The van der Waals surface area contributed by atoms with Gasteiger partial charge in [0.15, 0.2) is 0 Å². The Morgan fingerprint density at radius 1 is 1.41 bits per heavy atom. The van der Waals surface area contributed by atoms with E-state index in [0.29, 0.717) is 12.1 Å². The molecule has 0 aromatic heterocycles. The van der Waals surface area contributed by atoms with Gasteiger partial charge in [-0.15, -0.1) is 0 Å². The van der Waals surface area contributed by atoms with Crippen LogP contribution in [0.3, 0.4) is 0 Å². The molecule has 0 fully saturated rings. The van der Waals surface area contributed by atoms with Crippen molar-refractivity contribution < 1.29 is 27.1 Å². The third-order valence-corrected chi connectivity index (χ3v) is 1.96. The van der Waals surface area contributed by atoms with Gasteiger partial charge in [-0.3, -0.25) is 0 Å². The Hall–Kier alpha value is -2.10. The summed E-state index contributed by atoms with van der Waals surface area (Å²) in [6.07, 6.45) is -4.87. The maximum Gasteiger partial charge on any atom is 0.417 e. The van der Waals surface area contributed by atoms with Crippen LogP contribution < -0.4 is 0 Å². The Labute approximate surface area is 93.2 Å². The normalized spacial score (nSPS) is 10.8. The summed E-state index contributed by atoms with van der Waals surface area (Å²) < 4.78 is 54.9. The molecule has 17 heavy (non-hydrogen) atoms. The molecule has 0 atom stereocenters. The van der Waals surface area contributed by atoms with E-state index in [1.54, 1.807) is 0 Å². The van der Waals surface area contributed by atoms with E-state index in [0.717, 1.165) is 7.11 Å². The molecule has 0 spiro atoms. The standard InChI is InChI=1S/C10H5F4NO2/c1-17-9(16)8-5(4-15)7(11)3-2-6(8)10(12,13)14/h2-3H,1H3. The predicted molar refractivity (Wildman–Crippen MR) is 47.5 cm³/mol. The molecule has 90 valence electrons. The first kappa shape index (κ1) is 13.0. The fraction of sp³-hybridized carbons (Fsp3) is 0.200. The number of rotatable bonds is 1. The minimum atomic E-state index is -4.87. The van der Waals surface area contributed by atoms with Gasteiger partial charge >= 0.3 is 12.1 Å². The fourth-order valence-electron chi connectivity index (χ4n) is 1.24. The zero-order valence-electron chi connectivity index (χ0n) is 8.43. The molecule has 7 heteroatoms. The van der Waals surface area contributed by atoms with Gasteiger partial charge in [-0.2, -0.15) is 18.4 Å². The van der Waals surface area contributed by atoms with Crippen LogP contribution in [-0.2, 0) is 10.9 Å². The minimum Gasteiger partial charge on any atom is -0.465 e. The van der Waals surface area contributed by atoms with Crippen LogP contribution in [0.4, 0.5) is 17.6 Å². The summed E-state index contributed by atoms with van der Waals surface area (Å²) in [6.45, 7) is 0. The molecule has 0 aliphatic heterocycles. The molecule has 3 nitrogen and oxygen atoms in total. The molecule has 0 saturated heterocycles. The lowest BCUT2D eigenvalue weighted by Gasteiger charge is -2.12. The maximum absolute atomic E-state index is 13.1. The largest absolute Gasteiger partial charge is 0.465 e. The lowest BCUT2D eigenvalue weighted by Crippen LogP contribution is -2.17. The second-order valence-electron chi connectivity index (χ2n) is 2.95. The van der Waals surface area contributed by atoms with E-state index in [9.17, 15) is 22.4 Å². The van der Waals surface area contributed by atoms with Gasteiger partial charge in [-0.1, -0.05) is 0 Å². The summed E-state index contributed by atoms with van der Waals surface area (Å²) in [4.78, 5) is 11.2.